The lowest BCUT2D eigenvalue weighted by Gasteiger charge is -2.39. The molecule has 1 amide bonds. The molecule has 3 saturated carbocycles. The third-order valence-corrected chi connectivity index (χ3v) is 8.03. The average Bonchev–Trinajstić information content (AvgIpc) is 3.50. The molecule has 0 bridgehead atoms. The minimum atomic E-state index is -3.70. The van der Waals surface area contributed by atoms with Crippen molar-refractivity contribution in [2.45, 2.75) is 74.8 Å². The van der Waals surface area contributed by atoms with E-state index in [1.165, 1.54) is 45.3 Å². The second kappa shape index (κ2) is 8.03. The van der Waals surface area contributed by atoms with E-state index in [2.05, 4.69) is 10.0 Å². The molecule has 6 nitrogen and oxygen atoms in total. The highest BCUT2D eigenvalue weighted by atomic mass is 32.2. The van der Waals surface area contributed by atoms with Gasteiger partial charge >= 0.3 is 0 Å². The van der Waals surface area contributed by atoms with E-state index in [9.17, 15) is 13.2 Å². The molecule has 28 heavy (non-hydrogen) atoms. The number of fused-ring (bicyclic) bond motifs is 1. The average molecular weight is 407 g/mol. The number of sulfonamides is 1. The Labute approximate surface area is 167 Å². The number of carbonyl (C=O) groups is 1. The van der Waals surface area contributed by atoms with Gasteiger partial charge in [0.25, 0.3) is 5.91 Å². The topological polar surface area (TPSA) is 84.5 Å². The molecule has 0 aromatic heterocycles. The number of amides is 1. The number of ether oxygens (including phenoxy) is 1. The fraction of sp³-hybridized carbons (Fsp3) is 0.667. The van der Waals surface area contributed by atoms with E-state index in [1.807, 2.05) is 0 Å². The molecule has 0 heterocycles. The van der Waals surface area contributed by atoms with Crippen molar-refractivity contribution >= 4 is 15.9 Å². The fourth-order valence-electron chi connectivity index (χ4n) is 4.79. The van der Waals surface area contributed by atoms with Crippen molar-refractivity contribution in [3.8, 4) is 5.75 Å². The van der Waals surface area contributed by atoms with Crippen LogP contribution in [0.25, 0.3) is 0 Å². The molecule has 3 aliphatic carbocycles. The molecule has 3 atom stereocenters. The quantitative estimate of drug-likeness (QED) is 0.760. The molecule has 3 unspecified atom stereocenters. The van der Waals surface area contributed by atoms with Gasteiger partial charge in [-0.3, -0.25) is 4.79 Å². The number of methoxy groups -OCH3 is 1. The molecule has 3 fully saturated rings. The maximum atomic E-state index is 12.8. The second-order valence-corrected chi connectivity index (χ2v) is 10.2. The molecule has 1 aromatic rings. The molecule has 0 saturated heterocycles. The lowest BCUT2D eigenvalue weighted by Crippen LogP contribution is -2.41. The third-order valence-electron chi connectivity index (χ3n) is 6.49. The first kappa shape index (κ1) is 19.7. The van der Waals surface area contributed by atoms with E-state index in [0.29, 0.717) is 5.56 Å². The summed E-state index contributed by atoms with van der Waals surface area (Å²) in [6.07, 6.45) is 10.2. The number of carbonyl (C=O) groups excluding carboxylic acids is 1. The Kier molecular flexibility index (Phi) is 5.65. The predicted octanol–water partition coefficient (Wildman–Crippen LogP) is 3.22. The molecule has 154 valence electrons. The van der Waals surface area contributed by atoms with Crippen molar-refractivity contribution < 1.29 is 17.9 Å². The highest BCUT2D eigenvalue weighted by Gasteiger charge is 2.33. The molecule has 0 radical (unpaired) electrons. The molecule has 3 aliphatic rings. The number of hydrogen-bond acceptors (Lipinski definition) is 4. The van der Waals surface area contributed by atoms with Crippen LogP contribution in [0.4, 0.5) is 0 Å². The van der Waals surface area contributed by atoms with Gasteiger partial charge in [-0.25, -0.2) is 13.1 Å². The van der Waals surface area contributed by atoms with Gasteiger partial charge in [0.15, 0.2) is 0 Å². The van der Waals surface area contributed by atoms with E-state index in [4.69, 9.17) is 4.74 Å². The summed E-state index contributed by atoms with van der Waals surface area (Å²) in [4.78, 5) is 12.9. The highest BCUT2D eigenvalue weighted by molar-refractivity contribution is 7.89. The zero-order valence-corrected chi connectivity index (χ0v) is 17.3. The van der Waals surface area contributed by atoms with Crippen molar-refractivity contribution in [1.29, 1.82) is 0 Å². The van der Waals surface area contributed by atoms with E-state index < -0.39 is 10.0 Å². The van der Waals surface area contributed by atoms with Crippen LogP contribution in [-0.2, 0) is 10.0 Å². The molecule has 0 aliphatic heterocycles. The summed E-state index contributed by atoms with van der Waals surface area (Å²) in [6, 6.07) is 4.81. The van der Waals surface area contributed by atoms with E-state index in [1.54, 1.807) is 12.1 Å². The molecule has 1 aromatic carbocycles. The van der Waals surface area contributed by atoms with Gasteiger partial charge in [0.05, 0.1) is 7.11 Å². The van der Waals surface area contributed by atoms with Gasteiger partial charge in [-0.15, -0.1) is 0 Å². The lowest BCUT2D eigenvalue weighted by atomic mass is 9.69. The molecule has 0 spiro atoms. The predicted molar refractivity (Wildman–Crippen MR) is 107 cm³/mol. The Hall–Kier alpha value is -1.60. The van der Waals surface area contributed by atoms with E-state index in [0.717, 1.165) is 37.5 Å². The van der Waals surface area contributed by atoms with Gasteiger partial charge in [-0.05, 0) is 62.1 Å². The summed E-state index contributed by atoms with van der Waals surface area (Å²) < 4.78 is 33.2. The van der Waals surface area contributed by atoms with Crippen LogP contribution in [-0.4, -0.2) is 33.5 Å². The van der Waals surface area contributed by atoms with Crippen molar-refractivity contribution in [2.24, 2.45) is 11.8 Å². The summed E-state index contributed by atoms with van der Waals surface area (Å²) in [5.74, 6) is 1.60. The summed E-state index contributed by atoms with van der Waals surface area (Å²) in [5, 5.41) is 3.14. The first-order valence-electron chi connectivity index (χ1n) is 10.5. The van der Waals surface area contributed by atoms with Crippen LogP contribution in [0, 0.1) is 11.8 Å². The van der Waals surface area contributed by atoms with Crippen LogP contribution in [0.1, 0.15) is 68.1 Å². The Morgan fingerprint density at radius 3 is 2.43 bits per heavy atom. The summed E-state index contributed by atoms with van der Waals surface area (Å²) in [7, 11) is -2.26. The molecular formula is C21H30N2O4S. The fourth-order valence-corrected chi connectivity index (χ4v) is 6.29. The smallest absolute Gasteiger partial charge is 0.251 e. The molecule has 4 rings (SSSR count). The Morgan fingerprint density at radius 2 is 1.71 bits per heavy atom. The first-order valence-corrected chi connectivity index (χ1v) is 12.0. The first-order chi connectivity index (χ1) is 13.5. The molecular weight excluding hydrogens is 376 g/mol. The number of rotatable bonds is 6. The largest absolute Gasteiger partial charge is 0.495 e. The van der Waals surface area contributed by atoms with Crippen LogP contribution >= 0.6 is 0 Å². The minimum Gasteiger partial charge on any atom is -0.495 e. The van der Waals surface area contributed by atoms with Crippen molar-refractivity contribution in [3.63, 3.8) is 0 Å². The third kappa shape index (κ3) is 4.35. The number of nitrogens with one attached hydrogen (secondary N) is 2. The normalized spacial score (nSPS) is 27.7. The zero-order chi connectivity index (χ0) is 19.7. The zero-order valence-electron chi connectivity index (χ0n) is 16.4. The van der Waals surface area contributed by atoms with Crippen LogP contribution in [0.15, 0.2) is 23.1 Å². The summed E-state index contributed by atoms with van der Waals surface area (Å²) in [6.45, 7) is 0. The van der Waals surface area contributed by atoms with Crippen LogP contribution in [0.5, 0.6) is 5.75 Å². The summed E-state index contributed by atoms with van der Waals surface area (Å²) >= 11 is 0. The molecule has 7 heteroatoms. The maximum absolute atomic E-state index is 12.8. The van der Waals surface area contributed by atoms with Crippen molar-refractivity contribution in [2.75, 3.05) is 7.11 Å². The lowest BCUT2D eigenvalue weighted by molar-refractivity contribution is 0.0879. The van der Waals surface area contributed by atoms with Crippen LogP contribution < -0.4 is 14.8 Å². The van der Waals surface area contributed by atoms with E-state index in [-0.39, 0.29) is 28.6 Å². The minimum absolute atomic E-state index is 0.00198. The van der Waals surface area contributed by atoms with Gasteiger partial charge in [0, 0.05) is 17.6 Å². The van der Waals surface area contributed by atoms with Crippen LogP contribution in [0.2, 0.25) is 0 Å². The van der Waals surface area contributed by atoms with Gasteiger partial charge in [0.1, 0.15) is 10.6 Å². The summed E-state index contributed by atoms with van der Waals surface area (Å²) in [5.41, 5.74) is 0.364. The molecule has 2 N–H and O–H groups in total. The van der Waals surface area contributed by atoms with E-state index >= 15 is 0 Å². The highest BCUT2D eigenvalue weighted by Crippen LogP contribution is 2.40. The maximum Gasteiger partial charge on any atom is 0.251 e. The number of benzene rings is 1. The van der Waals surface area contributed by atoms with Gasteiger partial charge in [-0.1, -0.05) is 25.7 Å². The van der Waals surface area contributed by atoms with Crippen molar-refractivity contribution in [3.05, 3.63) is 23.8 Å². The second-order valence-electron chi connectivity index (χ2n) is 8.55. The number of hydrogen-bond donors (Lipinski definition) is 2. The standard InChI is InChI=1S/C21H30N2O4S/c1-27-19-11-7-16(13-20(19)28(25,26)23-17-9-10-17)21(24)22-18-8-6-14-4-2-3-5-15(14)12-18/h7,11,13-15,17-18,23H,2-6,8-10,12H2,1H3,(H,22,24). The monoisotopic (exact) mass is 406 g/mol. The van der Waals surface area contributed by atoms with Crippen molar-refractivity contribution in [1.82, 2.24) is 10.0 Å². The SMILES string of the molecule is COc1ccc(C(=O)NC2CCC3CCCCC3C2)cc1S(=O)(=O)NC1CC1. The van der Waals surface area contributed by atoms with Gasteiger partial charge in [-0.2, -0.15) is 0 Å². The van der Waals surface area contributed by atoms with Gasteiger partial charge in [0.2, 0.25) is 10.0 Å². The van der Waals surface area contributed by atoms with Crippen LogP contribution in [0.3, 0.4) is 0 Å². The Balaban J connectivity index is 1.47. The Bertz CT molecular complexity index is 835. The Morgan fingerprint density at radius 1 is 1.00 bits per heavy atom. The van der Waals surface area contributed by atoms with Gasteiger partial charge < -0.3 is 10.1 Å².